The molecule has 1 aliphatic rings. The van der Waals surface area contributed by atoms with Crippen LogP contribution in [0, 0.1) is 6.92 Å². The minimum atomic E-state index is -3.28. The summed E-state index contributed by atoms with van der Waals surface area (Å²) in [6.07, 6.45) is 0.585. The van der Waals surface area contributed by atoms with Crippen LogP contribution in [0.15, 0.2) is 34.9 Å². The Balaban J connectivity index is 1.73. The zero-order chi connectivity index (χ0) is 16.4. The van der Waals surface area contributed by atoms with Crippen molar-refractivity contribution in [3.05, 3.63) is 47.3 Å². The standard InChI is InChI=1S/C15H16N2O5S/c1-11-8-14(22-16-11)10-21-15(18)12-4-2-5-13(9-12)17-6-3-7-23(17,19)20/h2,4-5,8-9H,3,6-7,10H2,1H3. The lowest BCUT2D eigenvalue weighted by Gasteiger charge is -2.17. The number of carbonyl (C=O) groups is 1. The van der Waals surface area contributed by atoms with Gasteiger partial charge in [-0.2, -0.15) is 0 Å². The van der Waals surface area contributed by atoms with Crippen LogP contribution in [-0.4, -0.2) is 31.8 Å². The fourth-order valence-electron chi connectivity index (χ4n) is 2.42. The molecule has 7 nitrogen and oxygen atoms in total. The van der Waals surface area contributed by atoms with E-state index in [9.17, 15) is 13.2 Å². The Labute approximate surface area is 133 Å². The molecule has 1 saturated heterocycles. The van der Waals surface area contributed by atoms with Gasteiger partial charge in [-0.25, -0.2) is 13.2 Å². The zero-order valence-corrected chi connectivity index (χ0v) is 13.4. The van der Waals surface area contributed by atoms with E-state index < -0.39 is 16.0 Å². The maximum atomic E-state index is 12.1. The summed E-state index contributed by atoms with van der Waals surface area (Å²) in [5.41, 5.74) is 1.48. The van der Waals surface area contributed by atoms with Gasteiger partial charge in [0.15, 0.2) is 12.4 Å². The second-order valence-electron chi connectivity index (χ2n) is 5.30. The monoisotopic (exact) mass is 336 g/mol. The predicted octanol–water partition coefficient (Wildman–Crippen LogP) is 1.88. The molecule has 1 aromatic carbocycles. The molecule has 2 aromatic rings. The van der Waals surface area contributed by atoms with E-state index in [1.54, 1.807) is 31.2 Å². The summed E-state index contributed by atoms with van der Waals surface area (Å²) in [5, 5.41) is 3.71. The van der Waals surface area contributed by atoms with Gasteiger partial charge in [-0.3, -0.25) is 4.31 Å². The van der Waals surface area contributed by atoms with Crippen molar-refractivity contribution >= 4 is 21.7 Å². The van der Waals surface area contributed by atoms with E-state index in [0.717, 1.165) is 0 Å². The Bertz CT molecular complexity index is 828. The Morgan fingerprint density at radius 3 is 2.87 bits per heavy atom. The molecule has 8 heteroatoms. The van der Waals surface area contributed by atoms with Crippen molar-refractivity contribution in [2.75, 3.05) is 16.6 Å². The van der Waals surface area contributed by atoms with E-state index >= 15 is 0 Å². The fraction of sp³-hybridized carbons (Fsp3) is 0.333. The van der Waals surface area contributed by atoms with E-state index in [4.69, 9.17) is 9.26 Å². The van der Waals surface area contributed by atoms with Crippen LogP contribution in [0.3, 0.4) is 0 Å². The van der Waals surface area contributed by atoms with Crippen molar-refractivity contribution in [3.8, 4) is 0 Å². The molecule has 23 heavy (non-hydrogen) atoms. The number of anilines is 1. The number of hydrogen-bond acceptors (Lipinski definition) is 6. The predicted molar refractivity (Wildman–Crippen MR) is 82.6 cm³/mol. The van der Waals surface area contributed by atoms with Gasteiger partial charge in [-0.1, -0.05) is 11.2 Å². The van der Waals surface area contributed by atoms with Crippen LogP contribution in [0.25, 0.3) is 0 Å². The minimum Gasteiger partial charge on any atom is -0.454 e. The third kappa shape index (κ3) is 3.37. The van der Waals surface area contributed by atoms with Crippen LogP contribution in [-0.2, 0) is 21.4 Å². The van der Waals surface area contributed by atoms with Gasteiger partial charge >= 0.3 is 5.97 Å². The van der Waals surface area contributed by atoms with Gasteiger partial charge in [-0.15, -0.1) is 0 Å². The summed E-state index contributed by atoms with van der Waals surface area (Å²) in [4.78, 5) is 12.1. The van der Waals surface area contributed by atoms with Crippen molar-refractivity contribution in [2.45, 2.75) is 20.0 Å². The van der Waals surface area contributed by atoms with Crippen molar-refractivity contribution in [1.29, 1.82) is 0 Å². The SMILES string of the molecule is Cc1cc(COC(=O)c2cccc(N3CCCS3(=O)=O)c2)on1. The highest BCUT2D eigenvalue weighted by molar-refractivity contribution is 7.93. The molecule has 0 spiro atoms. The fourth-order valence-corrected chi connectivity index (χ4v) is 3.98. The van der Waals surface area contributed by atoms with E-state index in [1.165, 1.54) is 10.4 Å². The average Bonchev–Trinajstić information content (AvgIpc) is 3.10. The Kier molecular flexibility index (Phi) is 4.08. The first kappa shape index (κ1) is 15.5. The first-order chi connectivity index (χ1) is 11.0. The second-order valence-corrected chi connectivity index (χ2v) is 7.32. The number of rotatable bonds is 4. The smallest absolute Gasteiger partial charge is 0.338 e. The molecular weight excluding hydrogens is 320 g/mol. The summed E-state index contributed by atoms with van der Waals surface area (Å²) in [6.45, 7) is 2.18. The highest BCUT2D eigenvalue weighted by atomic mass is 32.2. The second kappa shape index (κ2) is 6.04. The molecule has 0 saturated carbocycles. The van der Waals surface area contributed by atoms with Crippen LogP contribution in [0.5, 0.6) is 0 Å². The van der Waals surface area contributed by atoms with Gasteiger partial charge < -0.3 is 9.26 Å². The van der Waals surface area contributed by atoms with E-state index in [-0.39, 0.29) is 12.4 Å². The summed E-state index contributed by atoms with van der Waals surface area (Å²) < 4.78 is 35.3. The molecule has 1 aliphatic heterocycles. The van der Waals surface area contributed by atoms with Crippen LogP contribution in [0.1, 0.15) is 28.2 Å². The molecule has 122 valence electrons. The average molecular weight is 336 g/mol. The molecule has 0 amide bonds. The highest BCUT2D eigenvalue weighted by Crippen LogP contribution is 2.25. The number of benzene rings is 1. The largest absolute Gasteiger partial charge is 0.454 e. The number of carbonyl (C=O) groups excluding carboxylic acids is 1. The summed E-state index contributed by atoms with van der Waals surface area (Å²) >= 11 is 0. The van der Waals surface area contributed by atoms with Crippen LogP contribution >= 0.6 is 0 Å². The van der Waals surface area contributed by atoms with Crippen LogP contribution < -0.4 is 4.31 Å². The molecule has 0 bridgehead atoms. The molecule has 0 radical (unpaired) electrons. The number of aromatic nitrogens is 1. The molecule has 0 aliphatic carbocycles. The molecule has 3 rings (SSSR count). The lowest BCUT2D eigenvalue weighted by molar-refractivity contribution is 0.0437. The van der Waals surface area contributed by atoms with Gasteiger partial charge in [0.1, 0.15) is 0 Å². The molecule has 1 aromatic heterocycles. The van der Waals surface area contributed by atoms with E-state index in [1.807, 2.05) is 0 Å². The first-order valence-electron chi connectivity index (χ1n) is 7.15. The number of sulfonamides is 1. The van der Waals surface area contributed by atoms with Gasteiger partial charge in [0.05, 0.1) is 22.7 Å². The third-order valence-corrected chi connectivity index (χ3v) is 5.36. The topological polar surface area (TPSA) is 89.7 Å². The highest BCUT2D eigenvalue weighted by Gasteiger charge is 2.28. The number of ether oxygens (including phenoxy) is 1. The third-order valence-electron chi connectivity index (χ3n) is 3.49. The molecule has 0 unspecified atom stereocenters. The van der Waals surface area contributed by atoms with E-state index in [0.29, 0.717) is 35.7 Å². The molecule has 0 N–H and O–H groups in total. The Morgan fingerprint density at radius 2 is 2.22 bits per heavy atom. The normalized spacial score (nSPS) is 16.5. The molecule has 0 atom stereocenters. The van der Waals surface area contributed by atoms with Crippen molar-refractivity contribution in [2.24, 2.45) is 0 Å². The molecule has 1 fully saturated rings. The minimum absolute atomic E-state index is 0.0219. The summed E-state index contributed by atoms with van der Waals surface area (Å²) in [7, 11) is -3.28. The number of aryl methyl sites for hydroxylation is 1. The maximum Gasteiger partial charge on any atom is 0.338 e. The number of esters is 1. The van der Waals surface area contributed by atoms with Crippen molar-refractivity contribution < 1.29 is 22.5 Å². The van der Waals surface area contributed by atoms with Gasteiger partial charge in [0.2, 0.25) is 10.0 Å². The number of hydrogen-bond donors (Lipinski definition) is 0. The Hall–Kier alpha value is -2.35. The molecule has 2 heterocycles. The maximum absolute atomic E-state index is 12.1. The van der Waals surface area contributed by atoms with Gasteiger partial charge in [0, 0.05) is 12.6 Å². The lowest BCUT2D eigenvalue weighted by atomic mass is 10.2. The van der Waals surface area contributed by atoms with Crippen molar-refractivity contribution in [1.82, 2.24) is 5.16 Å². The number of nitrogens with zero attached hydrogens (tertiary/aromatic N) is 2. The van der Waals surface area contributed by atoms with Crippen LogP contribution in [0.4, 0.5) is 5.69 Å². The summed E-state index contributed by atoms with van der Waals surface area (Å²) in [5.74, 6) is 0.0404. The van der Waals surface area contributed by atoms with E-state index in [2.05, 4.69) is 5.16 Å². The quantitative estimate of drug-likeness (QED) is 0.792. The summed E-state index contributed by atoms with van der Waals surface area (Å²) in [6, 6.07) is 8.09. The first-order valence-corrected chi connectivity index (χ1v) is 8.76. The van der Waals surface area contributed by atoms with Crippen LogP contribution in [0.2, 0.25) is 0 Å². The van der Waals surface area contributed by atoms with Crippen molar-refractivity contribution in [3.63, 3.8) is 0 Å². The van der Waals surface area contributed by atoms with Gasteiger partial charge in [-0.05, 0) is 31.5 Å². The van der Waals surface area contributed by atoms with Gasteiger partial charge in [0.25, 0.3) is 0 Å². The Morgan fingerprint density at radius 1 is 1.39 bits per heavy atom. The molecular formula is C15H16N2O5S. The zero-order valence-electron chi connectivity index (χ0n) is 12.6. The lowest BCUT2D eigenvalue weighted by Crippen LogP contribution is -2.25.